The average Bonchev–Trinajstić information content (AvgIpc) is 3.40. The molecule has 3 aromatic rings. The largest absolute Gasteiger partial charge is 0.417 e. The van der Waals surface area contributed by atoms with Gasteiger partial charge in [0.25, 0.3) is 5.56 Å². The zero-order valence-corrected chi connectivity index (χ0v) is 18.2. The molecule has 1 unspecified atom stereocenters. The number of rotatable bonds is 5. The lowest BCUT2D eigenvalue weighted by molar-refractivity contribution is -0.139. The average molecular weight is 453 g/mol. The van der Waals surface area contributed by atoms with Gasteiger partial charge >= 0.3 is 6.18 Å². The van der Waals surface area contributed by atoms with Crippen molar-refractivity contribution >= 4 is 15.4 Å². The van der Waals surface area contributed by atoms with Crippen LogP contribution in [0, 0.1) is 4.78 Å². The molecule has 1 aliphatic rings. The molecule has 1 fully saturated rings. The van der Waals surface area contributed by atoms with Gasteiger partial charge < -0.3 is 4.57 Å². The summed E-state index contributed by atoms with van der Waals surface area (Å²) in [5, 5.41) is 4.46. The van der Waals surface area contributed by atoms with Gasteiger partial charge in [-0.3, -0.25) is 4.79 Å². The Hall–Kier alpha value is -2.62. The molecule has 0 bridgehead atoms. The molecule has 1 aliphatic carbocycles. The molecule has 0 radical (unpaired) electrons. The molecule has 1 aromatic carbocycles. The minimum atomic E-state index is -4.73. The fourth-order valence-corrected chi connectivity index (χ4v) is 4.61. The normalized spacial score (nSPS) is 16.7. The molecule has 6 nitrogen and oxygen atoms in total. The van der Waals surface area contributed by atoms with Crippen molar-refractivity contribution in [1.82, 2.24) is 14.2 Å². The summed E-state index contributed by atoms with van der Waals surface area (Å²) in [6.45, 7) is 3.83. The van der Waals surface area contributed by atoms with E-state index < -0.39 is 26.4 Å². The van der Waals surface area contributed by atoms with Crippen LogP contribution in [-0.2, 0) is 22.5 Å². The van der Waals surface area contributed by atoms with Crippen LogP contribution in [0.15, 0.2) is 40.2 Å². The van der Waals surface area contributed by atoms with Crippen molar-refractivity contribution in [3.63, 3.8) is 0 Å². The Morgan fingerprint density at radius 2 is 1.94 bits per heavy atom. The highest BCUT2D eigenvalue weighted by Crippen LogP contribution is 2.39. The highest BCUT2D eigenvalue weighted by atomic mass is 32.2. The summed E-state index contributed by atoms with van der Waals surface area (Å²) in [4.78, 5) is 12.3. The lowest BCUT2D eigenvalue weighted by atomic mass is 10.1. The number of alkyl halides is 3. The SMILES string of the molecule is CC(C)c1cn(Cc2ccc(S(C)(=N)=O)c(C(F)(F)F)c2)c2cc(C3CC3)nn2c1=O. The Kier molecular flexibility index (Phi) is 5.03. The summed E-state index contributed by atoms with van der Waals surface area (Å²) in [6, 6.07) is 5.33. The van der Waals surface area contributed by atoms with Crippen molar-refractivity contribution < 1.29 is 17.4 Å². The second kappa shape index (κ2) is 7.22. The Morgan fingerprint density at radius 3 is 2.48 bits per heavy atom. The third kappa shape index (κ3) is 4.13. The highest BCUT2D eigenvalue weighted by Gasteiger charge is 2.35. The third-order valence-corrected chi connectivity index (χ3v) is 6.67. The van der Waals surface area contributed by atoms with E-state index >= 15 is 0 Å². The number of halogens is 3. The Bertz CT molecular complexity index is 1330. The van der Waals surface area contributed by atoms with Crippen LogP contribution in [0.4, 0.5) is 13.2 Å². The van der Waals surface area contributed by atoms with Crippen LogP contribution < -0.4 is 5.56 Å². The fourth-order valence-electron chi connectivity index (χ4n) is 3.69. The molecule has 0 saturated heterocycles. The van der Waals surface area contributed by atoms with Crippen LogP contribution in [0.25, 0.3) is 5.65 Å². The van der Waals surface area contributed by atoms with Gasteiger partial charge in [-0.2, -0.15) is 22.8 Å². The molecule has 0 amide bonds. The van der Waals surface area contributed by atoms with Gasteiger partial charge in [-0.1, -0.05) is 19.9 Å². The second-order valence-corrected chi connectivity index (χ2v) is 10.6. The molecular formula is C21H23F3N4O2S. The standard InChI is InChI=1S/C21H23F3N4O2S/c1-12(2)15-11-27(19-9-17(14-5-6-14)26-28(19)20(15)29)10-13-4-7-18(31(3,25)30)16(8-13)21(22,23)24/h4,7-9,11-12,14,25H,5-6,10H2,1-3H3. The quantitative estimate of drug-likeness (QED) is 0.614. The first kappa shape index (κ1) is 21.6. The summed E-state index contributed by atoms with van der Waals surface area (Å²) < 4.78 is 63.5. The molecule has 2 heterocycles. The smallest absolute Gasteiger partial charge is 0.328 e. The minimum Gasteiger partial charge on any atom is -0.328 e. The maximum absolute atomic E-state index is 13.6. The zero-order valence-electron chi connectivity index (χ0n) is 17.4. The van der Waals surface area contributed by atoms with Crippen LogP contribution >= 0.6 is 0 Å². The van der Waals surface area contributed by atoms with Gasteiger partial charge in [0.05, 0.1) is 25.9 Å². The number of fused-ring (bicyclic) bond motifs is 1. The molecule has 0 aliphatic heterocycles. The van der Waals surface area contributed by atoms with Crippen LogP contribution in [0.2, 0.25) is 0 Å². The van der Waals surface area contributed by atoms with Crippen molar-refractivity contribution in [3.8, 4) is 0 Å². The number of nitrogens with zero attached hydrogens (tertiary/aromatic N) is 3. The van der Waals surface area contributed by atoms with Gasteiger partial charge in [-0.15, -0.1) is 0 Å². The summed E-state index contributed by atoms with van der Waals surface area (Å²) in [5.74, 6) is 0.235. The predicted molar refractivity (Wildman–Crippen MR) is 111 cm³/mol. The molecule has 1 N–H and O–H groups in total. The molecular weight excluding hydrogens is 429 g/mol. The van der Waals surface area contributed by atoms with E-state index in [0.717, 1.165) is 36.9 Å². The summed E-state index contributed by atoms with van der Waals surface area (Å²) in [6.07, 6.45) is -0.0644. The van der Waals surface area contributed by atoms with Crippen molar-refractivity contribution in [2.75, 3.05) is 6.26 Å². The molecule has 10 heteroatoms. The lowest BCUT2D eigenvalue weighted by Gasteiger charge is -2.17. The Labute approximate surface area is 177 Å². The van der Waals surface area contributed by atoms with Crippen LogP contribution in [0.5, 0.6) is 0 Å². The van der Waals surface area contributed by atoms with Crippen molar-refractivity contribution in [1.29, 1.82) is 4.78 Å². The van der Waals surface area contributed by atoms with E-state index in [-0.39, 0.29) is 18.0 Å². The Balaban J connectivity index is 1.86. The van der Waals surface area contributed by atoms with Gasteiger partial charge in [0.2, 0.25) is 0 Å². The first-order valence-electron chi connectivity index (χ1n) is 9.93. The molecule has 166 valence electrons. The van der Waals surface area contributed by atoms with Crippen molar-refractivity contribution in [2.45, 2.75) is 56.1 Å². The Morgan fingerprint density at radius 1 is 1.26 bits per heavy atom. The maximum atomic E-state index is 13.6. The predicted octanol–water partition coefficient (Wildman–Crippen LogP) is 4.60. The molecule has 2 aromatic heterocycles. The molecule has 31 heavy (non-hydrogen) atoms. The third-order valence-electron chi connectivity index (χ3n) is 5.48. The first-order valence-corrected chi connectivity index (χ1v) is 11.9. The lowest BCUT2D eigenvalue weighted by Crippen LogP contribution is -2.24. The van der Waals surface area contributed by atoms with Crippen LogP contribution in [-0.4, -0.2) is 24.6 Å². The van der Waals surface area contributed by atoms with Crippen LogP contribution in [0.3, 0.4) is 0 Å². The number of aromatic nitrogens is 3. The van der Waals surface area contributed by atoms with Gasteiger partial charge in [-0.25, -0.2) is 8.99 Å². The number of hydrogen-bond acceptors (Lipinski definition) is 4. The molecule has 0 spiro atoms. The van der Waals surface area contributed by atoms with E-state index in [0.29, 0.717) is 22.7 Å². The van der Waals surface area contributed by atoms with Crippen molar-refractivity contribution in [3.05, 3.63) is 63.2 Å². The maximum Gasteiger partial charge on any atom is 0.417 e. The molecule has 1 saturated carbocycles. The topological polar surface area (TPSA) is 80.2 Å². The van der Waals surface area contributed by atoms with E-state index in [4.69, 9.17) is 4.78 Å². The number of nitrogens with one attached hydrogen (secondary N) is 1. The molecule has 1 atom stereocenters. The minimum absolute atomic E-state index is 0.0750. The summed E-state index contributed by atoms with van der Waals surface area (Å²) >= 11 is 0. The van der Waals surface area contributed by atoms with Crippen LogP contribution in [0.1, 0.15) is 60.9 Å². The van der Waals surface area contributed by atoms with E-state index in [2.05, 4.69) is 5.10 Å². The summed E-state index contributed by atoms with van der Waals surface area (Å²) in [7, 11) is -3.55. The van der Waals surface area contributed by atoms with E-state index in [1.54, 1.807) is 10.8 Å². The molecule has 4 rings (SSSR count). The number of benzene rings is 1. The van der Waals surface area contributed by atoms with Gasteiger partial charge in [-0.05, 0) is 36.5 Å². The van der Waals surface area contributed by atoms with E-state index in [1.165, 1.54) is 10.6 Å². The highest BCUT2D eigenvalue weighted by molar-refractivity contribution is 7.91. The first-order chi connectivity index (χ1) is 14.4. The number of hydrogen-bond donors (Lipinski definition) is 1. The van der Waals surface area contributed by atoms with Gasteiger partial charge in [0.1, 0.15) is 5.65 Å². The fraction of sp³-hybridized carbons (Fsp3) is 0.429. The summed E-state index contributed by atoms with van der Waals surface area (Å²) in [5.41, 5.74) is 0.898. The van der Waals surface area contributed by atoms with Gasteiger partial charge in [0, 0.05) is 36.5 Å². The second-order valence-electron chi connectivity index (χ2n) is 8.46. The van der Waals surface area contributed by atoms with Gasteiger partial charge in [0.15, 0.2) is 0 Å². The van der Waals surface area contributed by atoms with E-state index in [1.807, 2.05) is 19.9 Å². The van der Waals surface area contributed by atoms with E-state index in [9.17, 15) is 22.2 Å². The zero-order chi connectivity index (χ0) is 22.7. The van der Waals surface area contributed by atoms with Crippen molar-refractivity contribution in [2.24, 2.45) is 0 Å². The monoisotopic (exact) mass is 452 g/mol.